The van der Waals surface area contributed by atoms with Gasteiger partial charge in [-0.15, -0.1) is 0 Å². The molecular weight excluding hydrogens is 428 g/mol. The Hall–Kier alpha value is -3.79. The van der Waals surface area contributed by atoms with Crippen LogP contribution in [0.2, 0.25) is 0 Å². The summed E-state index contributed by atoms with van der Waals surface area (Å²) in [5, 5.41) is 18.8. The van der Waals surface area contributed by atoms with Gasteiger partial charge < -0.3 is 5.32 Å². The Kier molecular flexibility index (Phi) is 7.50. The molecule has 32 heavy (non-hydrogen) atoms. The van der Waals surface area contributed by atoms with E-state index in [0.717, 1.165) is 12.0 Å². The smallest absolute Gasteiger partial charge is 0.312 e. The van der Waals surface area contributed by atoms with E-state index in [-0.39, 0.29) is 11.6 Å². The Bertz CT molecular complexity index is 1130. The third kappa shape index (κ3) is 5.88. The third-order valence-corrected chi connectivity index (χ3v) is 5.13. The first kappa shape index (κ1) is 22.9. The second-order valence-electron chi connectivity index (χ2n) is 7.21. The van der Waals surface area contributed by atoms with E-state index in [4.69, 9.17) is 12.2 Å². The quantitative estimate of drug-likeness (QED) is 0.287. The number of amides is 1. The summed E-state index contributed by atoms with van der Waals surface area (Å²) >= 11 is 5.20. The number of benzene rings is 2. The average molecular weight is 453 g/mol. The van der Waals surface area contributed by atoms with Crippen LogP contribution in [-0.2, 0) is 13.0 Å². The largest absolute Gasteiger partial charge is 0.361 e. The molecule has 3 N–H and O–H groups in total. The number of thiocarbonyl (C=S) groups is 1. The van der Waals surface area contributed by atoms with Gasteiger partial charge in [0.15, 0.2) is 5.11 Å². The first-order valence-electron chi connectivity index (χ1n) is 10.0. The molecule has 0 unspecified atom stereocenters. The molecule has 10 heteroatoms. The molecule has 0 aliphatic carbocycles. The molecule has 2 aromatic carbocycles. The number of hydrazine groups is 1. The average Bonchev–Trinajstić information content (AvgIpc) is 3.05. The fraction of sp³-hybridized carbons (Fsp3) is 0.227. The van der Waals surface area contributed by atoms with Gasteiger partial charge in [0.25, 0.3) is 5.91 Å². The SMILES string of the molecule is Cc1nn(Cc2cccc(C(=O)NNC(=S)NCCc3ccccc3)c2)c(C)c1[N+](=O)[O-]. The summed E-state index contributed by atoms with van der Waals surface area (Å²) in [6.07, 6.45) is 0.809. The van der Waals surface area contributed by atoms with Crippen LogP contribution in [0.5, 0.6) is 0 Å². The number of carbonyl (C=O) groups excluding carboxylic acids is 1. The Labute approximate surface area is 191 Å². The Morgan fingerprint density at radius 2 is 1.81 bits per heavy atom. The van der Waals surface area contributed by atoms with Gasteiger partial charge in [0, 0.05) is 12.1 Å². The molecule has 0 spiro atoms. The maximum atomic E-state index is 12.5. The molecule has 0 saturated carbocycles. The van der Waals surface area contributed by atoms with Gasteiger partial charge in [-0.1, -0.05) is 42.5 Å². The van der Waals surface area contributed by atoms with Crippen LogP contribution in [0.4, 0.5) is 5.69 Å². The summed E-state index contributed by atoms with van der Waals surface area (Å²) in [5.74, 6) is -0.349. The van der Waals surface area contributed by atoms with Crippen LogP contribution in [0, 0.1) is 24.0 Å². The minimum atomic E-state index is -0.430. The Balaban J connectivity index is 1.53. The van der Waals surface area contributed by atoms with E-state index in [9.17, 15) is 14.9 Å². The van der Waals surface area contributed by atoms with E-state index in [0.29, 0.717) is 35.2 Å². The van der Waals surface area contributed by atoms with Crippen molar-refractivity contribution in [3.63, 3.8) is 0 Å². The number of nitro groups is 1. The zero-order chi connectivity index (χ0) is 23.1. The highest BCUT2D eigenvalue weighted by Gasteiger charge is 2.21. The molecule has 166 valence electrons. The lowest BCUT2D eigenvalue weighted by Gasteiger charge is -2.12. The molecule has 0 aliphatic rings. The highest BCUT2D eigenvalue weighted by molar-refractivity contribution is 7.80. The van der Waals surface area contributed by atoms with Gasteiger partial charge in [-0.25, -0.2) is 0 Å². The summed E-state index contributed by atoms with van der Waals surface area (Å²) in [6, 6.07) is 17.0. The maximum absolute atomic E-state index is 12.5. The molecule has 9 nitrogen and oxygen atoms in total. The molecular formula is C22H24N6O3S. The number of hydrogen-bond donors (Lipinski definition) is 3. The van der Waals surface area contributed by atoms with E-state index in [1.54, 1.807) is 36.7 Å². The third-order valence-electron chi connectivity index (χ3n) is 4.88. The van der Waals surface area contributed by atoms with E-state index >= 15 is 0 Å². The zero-order valence-corrected chi connectivity index (χ0v) is 18.6. The molecule has 1 amide bonds. The van der Waals surface area contributed by atoms with Crippen molar-refractivity contribution in [3.05, 3.63) is 92.8 Å². The second-order valence-corrected chi connectivity index (χ2v) is 7.61. The standard InChI is InChI=1S/C22H24N6O3S/c1-15-20(28(30)31)16(2)27(26-15)14-18-9-6-10-19(13-18)21(29)24-25-22(32)23-12-11-17-7-4-3-5-8-17/h3-10,13H,11-12,14H2,1-2H3,(H,24,29)(H2,23,25,32). The van der Waals surface area contributed by atoms with Crippen molar-refractivity contribution in [2.75, 3.05) is 6.54 Å². The summed E-state index contributed by atoms with van der Waals surface area (Å²) in [5.41, 5.74) is 8.52. The van der Waals surface area contributed by atoms with Crippen LogP contribution < -0.4 is 16.2 Å². The topological polar surface area (TPSA) is 114 Å². The fourth-order valence-corrected chi connectivity index (χ4v) is 3.44. The van der Waals surface area contributed by atoms with Gasteiger partial charge in [-0.3, -0.25) is 30.4 Å². The summed E-state index contributed by atoms with van der Waals surface area (Å²) < 4.78 is 1.56. The lowest BCUT2D eigenvalue weighted by Crippen LogP contribution is -2.47. The van der Waals surface area contributed by atoms with E-state index in [1.165, 1.54) is 5.56 Å². The minimum Gasteiger partial charge on any atom is -0.361 e. The van der Waals surface area contributed by atoms with E-state index in [2.05, 4.69) is 21.3 Å². The van der Waals surface area contributed by atoms with Crippen LogP contribution >= 0.6 is 12.2 Å². The normalized spacial score (nSPS) is 10.4. The highest BCUT2D eigenvalue weighted by atomic mass is 32.1. The van der Waals surface area contributed by atoms with Gasteiger partial charge in [0.05, 0.1) is 11.5 Å². The second kappa shape index (κ2) is 10.5. The van der Waals surface area contributed by atoms with Crippen molar-refractivity contribution in [1.82, 2.24) is 25.9 Å². The predicted molar refractivity (Wildman–Crippen MR) is 125 cm³/mol. The molecule has 0 bridgehead atoms. The molecule has 0 radical (unpaired) electrons. The molecule has 3 aromatic rings. The fourth-order valence-electron chi connectivity index (χ4n) is 3.28. The summed E-state index contributed by atoms with van der Waals surface area (Å²) in [4.78, 5) is 23.3. The summed E-state index contributed by atoms with van der Waals surface area (Å²) in [6.45, 7) is 4.21. The van der Waals surface area contributed by atoms with Crippen LogP contribution in [0.3, 0.4) is 0 Å². The van der Waals surface area contributed by atoms with Crippen LogP contribution in [0.15, 0.2) is 54.6 Å². The van der Waals surface area contributed by atoms with Crippen LogP contribution in [-0.4, -0.2) is 32.3 Å². The van der Waals surface area contributed by atoms with Gasteiger partial charge in [0.1, 0.15) is 11.4 Å². The maximum Gasteiger partial charge on any atom is 0.312 e. The molecule has 0 saturated heterocycles. The number of carbonyl (C=O) groups is 1. The van der Waals surface area contributed by atoms with Gasteiger partial charge >= 0.3 is 5.69 Å². The van der Waals surface area contributed by atoms with Crippen molar-refractivity contribution in [3.8, 4) is 0 Å². The molecule has 0 aliphatic heterocycles. The molecule has 0 fully saturated rings. The number of nitrogens with one attached hydrogen (secondary N) is 3. The molecule has 1 aromatic heterocycles. The van der Waals surface area contributed by atoms with Gasteiger partial charge in [-0.05, 0) is 55.7 Å². The van der Waals surface area contributed by atoms with E-state index < -0.39 is 4.92 Å². The highest BCUT2D eigenvalue weighted by Crippen LogP contribution is 2.22. The van der Waals surface area contributed by atoms with Gasteiger partial charge in [0.2, 0.25) is 0 Å². The van der Waals surface area contributed by atoms with Crippen molar-refractivity contribution in [2.24, 2.45) is 0 Å². The number of aryl methyl sites for hydroxylation is 1. The number of aromatic nitrogens is 2. The lowest BCUT2D eigenvalue weighted by atomic mass is 10.1. The Morgan fingerprint density at radius 3 is 2.50 bits per heavy atom. The molecule has 1 heterocycles. The van der Waals surface area contributed by atoms with Crippen molar-refractivity contribution in [2.45, 2.75) is 26.8 Å². The first-order chi connectivity index (χ1) is 15.3. The number of nitrogens with zero attached hydrogens (tertiary/aromatic N) is 3. The number of rotatable bonds is 7. The van der Waals surface area contributed by atoms with Gasteiger partial charge in [-0.2, -0.15) is 5.10 Å². The van der Waals surface area contributed by atoms with E-state index in [1.807, 2.05) is 36.4 Å². The lowest BCUT2D eigenvalue weighted by molar-refractivity contribution is -0.386. The zero-order valence-electron chi connectivity index (χ0n) is 17.8. The van der Waals surface area contributed by atoms with Crippen LogP contribution in [0.1, 0.15) is 32.9 Å². The van der Waals surface area contributed by atoms with Crippen molar-refractivity contribution in [1.29, 1.82) is 0 Å². The van der Waals surface area contributed by atoms with Crippen molar-refractivity contribution >= 4 is 28.9 Å². The van der Waals surface area contributed by atoms with Crippen molar-refractivity contribution < 1.29 is 9.72 Å². The van der Waals surface area contributed by atoms with Crippen LogP contribution in [0.25, 0.3) is 0 Å². The minimum absolute atomic E-state index is 0.0105. The predicted octanol–water partition coefficient (Wildman–Crippen LogP) is 2.81. The molecule has 3 rings (SSSR count). The summed E-state index contributed by atoms with van der Waals surface area (Å²) in [7, 11) is 0. The Morgan fingerprint density at radius 1 is 1.09 bits per heavy atom. The first-order valence-corrected chi connectivity index (χ1v) is 10.4. The monoisotopic (exact) mass is 452 g/mol. The molecule has 0 atom stereocenters. The number of hydrogen-bond acceptors (Lipinski definition) is 5.